The Morgan fingerprint density at radius 3 is 2.88 bits per heavy atom. The monoisotopic (exact) mass is 486 g/mol. The van der Waals surface area contributed by atoms with E-state index >= 15 is 0 Å². The molecule has 9 nitrogen and oxygen atoms in total. The SMILES string of the molecule is O=C(OCc1cc(=O)n2cc(Cl)ccc2n1)[C@@H]1CCCN(C2=NS(=O)(=O)c3ccccc32)C1. The molecule has 0 spiro atoms. The Kier molecular flexibility index (Phi) is 5.41. The number of amidine groups is 1. The van der Waals surface area contributed by atoms with E-state index in [1.54, 1.807) is 30.3 Å². The van der Waals surface area contributed by atoms with Crippen LogP contribution in [0.4, 0.5) is 0 Å². The van der Waals surface area contributed by atoms with Crippen molar-refractivity contribution in [1.82, 2.24) is 14.3 Å². The molecular weight excluding hydrogens is 468 g/mol. The molecule has 0 aliphatic carbocycles. The van der Waals surface area contributed by atoms with Crippen molar-refractivity contribution in [3.8, 4) is 0 Å². The van der Waals surface area contributed by atoms with E-state index in [1.807, 2.05) is 4.90 Å². The van der Waals surface area contributed by atoms with Crippen molar-refractivity contribution >= 4 is 39.1 Å². The minimum atomic E-state index is -3.73. The van der Waals surface area contributed by atoms with Gasteiger partial charge >= 0.3 is 5.97 Å². The van der Waals surface area contributed by atoms with Gasteiger partial charge in [-0.3, -0.25) is 14.0 Å². The van der Waals surface area contributed by atoms with E-state index in [9.17, 15) is 18.0 Å². The molecule has 0 unspecified atom stereocenters. The van der Waals surface area contributed by atoms with Crippen LogP contribution in [-0.2, 0) is 26.2 Å². The Hall–Kier alpha value is -3.24. The van der Waals surface area contributed by atoms with Crippen LogP contribution in [0.3, 0.4) is 0 Å². The molecule has 4 heterocycles. The van der Waals surface area contributed by atoms with E-state index in [0.29, 0.717) is 53.7 Å². The summed E-state index contributed by atoms with van der Waals surface area (Å²) in [6.07, 6.45) is 2.78. The van der Waals surface area contributed by atoms with Gasteiger partial charge in [0, 0.05) is 30.9 Å². The van der Waals surface area contributed by atoms with Gasteiger partial charge in [-0.05, 0) is 37.1 Å². The highest BCUT2D eigenvalue weighted by atomic mass is 35.5. The second kappa shape index (κ2) is 8.27. The Morgan fingerprint density at radius 2 is 2.03 bits per heavy atom. The van der Waals surface area contributed by atoms with Crippen LogP contribution in [0, 0.1) is 5.92 Å². The van der Waals surface area contributed by atoms with Gasteiger partial charge in [-0.2, -0.15) is 8.42 Å². The summed E-state index contributed by atoms with van der Waals surface area (Å²) in [6, 6.07) is 11.2. The van der Waals surface area contributed by atoms with Gasteiger partial charge in [0.15, 0.2) is 5.84 Å². The molecule has 1 atom stereocenters. The van der Waals surface area contributed by atoms with Crippen molar-refractivity contribution in [3.63, 3.8) is 0 Å². The molecule has 33 heavy (non-hydrogen) atoms. The number of ether oxygens (including phenoxy) is 1. The average molecular weight is 487 g/mol. The van der Waals surface area contributed by atoms with Crippen LogP contribution in [0.2, 0.25) is 5.02 Å². The van der Waals surface area contributed by atoms with Gasteiger partial charge in [-0.1, -0.05) is 23.7 Å². The molecule has 2 aliphatic rings. The molecule has 0 radical (unpaired) electrons. The van der Waals surface area contributed by atoms with E-state index in [0.717, 1.165) is 0 Å². The van der Waals surface area contributed by atoms with Crippen LogP contribution in [0.1, 0.15) is 24.1 Å². The molecule has 170 valence electrons. The fraction of sp³-hybridized carbons (Fsp3) is 0.273. The number of benzene rings is 1. The number of sulfonamides is 1. The molecule has 0 N–H and O–H groups in total. The molecule has 1 aromatic carbocycles. The lowest BCUT2D eigenvalue weighted by Gasteiger charge is -2.32. The highest BCUT2D eigenvalue weighted by Crippen LogP contribution is 2.30. The van der Waals surface area contributed by atoms with Crippen molar-refractivity contribution in [3.05, 3.63) is 75.3 Å². The van der Waals surface area contributed by atoms with Crippen molar-refractivity contribution in [2.75, 3.05) is 13.1 Å². The normalized spacial score (nSPS) is 19.2. The van der Waals surface area contributed by atoms with Crippen LogP contribution in [0.25, 0.3) is 5.65 Å². The van der Waals surface area contributed by atoms with E-state index < -0.39 is 21.9 Å². The molecule has 2 aromatic heterocycles. The first kappa shape index (κ1) is 21.6. The van der Waals surface area contributed by atoms with E-state index in [-0.39, 0.29) is 17.1 Å². The molecule has 1 saturated heterocycles. The van der Waals surface area contributed by atoms with Gasteiger partial charge in [-0.15, -0.1) is 4.40 Å². The highest BCUT2D eigenvalue weighted by molar-refractivity contribution is 7.90. The van der Waals surface area contributed by atoms with Crippen LogP contribution in [0.5, 0.6) is 0 Å². The van der Waals surface area contributed by atoms with Gasteiger partial charge in [0.05, 0.1) is 16.6 Å². The van der Waals surface area contributed by atoms with Gasteiger partial charge in [-0.25, -0.2) is 4.98 Å². The molecule has 11 heteroatoms. The standard InChI is InChI=1S/C22H19ClN4O5S/c23-15-7-8-19-24-16(10-20(28)27(19)12-15)13-32-22(29)14-4-3-9-26(11-14)21-17-5-1-2-6-18(17)33(30,31)25-21/h1-2,5-8,10,12,14H,3-4,9,11,13H2/t14-/m1/s1. The summed E-state index contributed by atoms with van der Waals surface area (Å²) in [6.45, 7) is 0.758. The number of hydrogen-bond donors (Lipinski definition) is 0. The number of carbonyl (C=O) groups is 1. The predicted molar refractivity (Wildman–Crippen MR) is 121 cm³/mol. The number of fused-ring (bicyclic) bond motifs is 2. The second-order valence-corrected chi connectivity index (χ2v) is 9.95. The summed E-state index contributed by atoms with van der Waals surface area (Å²) in [4.78, 5) is 31.4. The number of halogens is 1. The number of esters is 1. The zero-order valence-electron chi connectivity index (χ0n) is 17.3. The fourth-order valence-electron chi connectivity index (χ4n) is 4.14. The molecule has 5 rings (SSSR count). The maximum Gasteiger partial charge on any atom is 0.311 e. The summed E-state index contributed by atoms with van der Waals surface area (Å²) in [5.74, 6) is -0.504. The Balaban J connectivity index is 1.29. The van der Waals surface area contributed by atoms with Gasteiger partial charge < -0.3 is 9.64 Å². The fourth-order valence-corrected chi connectivity index (χ4v) is 5.53. The third-order valence-corrected chi connectivity index (χ3v) is 7.25. The number of aromatic nitrogens is 2. The zero-order valence-corrected chi connectivity index (χ0v) is 18.9. The third-order valence-electron chi connectivity index (χ3n) is 5.71. The van der Waals surface area contributed by atoms with Crippen LogP contribution in [0.15, 0.2) is 62.7 Å². The molecule has 0 bridgehead atoms. The lowest BCUT2D eigenvalue weighted by molar-refractivity contribution is -0.151. The number of likely N-dealkylation sites (tertiary alicyclic amines) is 1. The Morgan fingerprint density at radius 1 is 1.21 bits per heavy atom. The molecule has 0 amide bonds. The summed E-state index contributed by atoms with van der Waals surface area (Å²) in [5, 5.41) is 0.412. The third kappa shape index (κ3) is 4.11. The number of piperidine rings is 1. The predicted octanol–water partition coefficient (Wildman–Crippen LogP) is 2.25. The smallest absolute Gasteiger partial charge is 0.311 e. The molecule has 1 fully saturated rings. The minimum Gasteiger partial charge on any atom is -0.459 e. The van der Waals surface area contributed by atoms with E-state index in [1.165, 1.54) is 22.7 Å². The summed E-state index contributed by atoms with van der Waals surface area (Å²) < 4.78 is 35.5. The largest absolute Gasteiger partial charge is 0.459 e. The van der Waals surface area contributed by atoms with E-state index in [4.69, 9.17) is 16.3 Å². The quantitative estimate of drug-likeness (QED) is 0.522. The Bertz CT molecular complexity index is 1470. The molecule has 2 aliphatic heterocycles. The number of nitrogens with zero attached hydrogens (tertiary/aromatic N) is 4. The highest BCUT2D eigenvalue weighted by Gasteiger charge is 2.35. The van der Waals surface area contributed by atoms with Crippen molar-refractivity contribution in [2.24, 2.45) is 10.3 Å². The Labute approximate surface area is 194 Å². The summed E-state index contributed by atoms with van der Waals surface area (Å²) in [5.41, 5.74) is 0.966. The van der Waals surface area contributed by atoms with Crippen molar-refractivity contribution in [2.45, 2.75) is 24.3 Å². The lowest BCUT2D eigenvalue weighted by Crippen LogP contribution is -2.42. The average Bonchev–Trinajstić information content (AvgIpc) is 3.09. The first-order chi connectivity index (χ1) is 15.8. The lowest BCUT2D eigenvalue weighted by atomic mass is 9.97. The number of carbonyl (C=O) groups excluding carboxylic acids is 1. The number of rotatable bonds is 3. The summed E-state index contributed by atoms with van der Waals surface area (Å²) >= 11 is 5.92. The van der Waals surface area contributed by atoms with Gasteiger partial charge in [0.1, 0.15) is 17.1 Å². The van der Waals surface area contributed by atoms with Crippen LogP contribution in [-0.4, -0.2) is 47.6 Å². The van der Waals surface area contributed by atoms with Gasteiger partial charge in [0.2, 0.25) is 0 Å². The van der Waals surface area contributed by atoms with Crippen LogP contribution < -0.4 is 5.56 Å². The van der Waals surface area contributed by atoms with Crippen molar-refractivity contribution in [1.29, 1.82) is 0 Å². The first-order valence-electron chi connectivity index (χ1n) is 10.4. The first-order valence-corrected chi connectivity index (χ1v) is 12.2. The number of pyridine rings is 1. The van der Waals surface area contributed by atoms with Crippen molar-refractivity contribution < 1.29 is 17.9 Å². The maximum atomic E-state index is 12.8. The van der Waals surface area contributed by atoms with Gasteiger partial charge in [0.25, 0.3) is 15.6 Å². The topological polar surface area (TPSA) is 110 Å². The minimum absolute atomic E-state index is 0.137. The number of hydrogen-bond acceptors (Lipinski definition) is 7. The van der Waals surface area contributed by atoms with Crippen LogP contribution >= 0.6 is 11.6 Å². The maximum absolute atomic E-state index is 12.8. The molecular formula is C22H19ClN4O5S. The molecule has 3 aromatic rings. The summed E-state index contributed by atoms with van der Waals surface area (Å²) in [7, 11) is -3.73. The second-order valence-electron chi connectivity index (χ2n) is 7.94. The molecule has 0 saturated carbocycles. The van der Waals surface area contributed by atoms with E-state index in [2.05, 4.69) is 9.38 Å². The zero-order chi connectivity index (χ0) is 23.2.